The Kier molecular flexibility index (Phi) is 4.45. The van der Waals surface area contributed by atoms with E-state index in [1.807, 2.05) is 0 Å². The van der Waals surface area contributed by atoms with Gasteiger partial charge in [0.25, 0.3) is 0 Å². The van der Waals surface area contributed by atoms with Gasteiger partial charge in [0.05, 0.1) is 11.7 Å². The normalized spacial score (nSPS) is 35.8. The van der Waals surface area contributed by atoms with Crippen molar-refractivity contribution in [2.45, 2.75) is 76.0 Å². The molecule has 2 aliphatic heterocycles. The highest BCUT2D eigenvalue weighted by Gasteiger charge is 2.41. The van der Waals surface area contributed by atoms with Crippen molar-refractivity contribution in [2.24, 2.45) is 0 Å². The Morgan fingerprint density at radius 1 is 1.21 bits per heavy atom. The maximum atomic E-state index is 6.52. The predicted molar refractivity (Wildman–Crippen MR) is 78.4 cm³/mol. The van der Waals surface area contributed by atoms with E-state index in [1.54, 1.807) is 0 Å². The molecule has 3 fully saturated rings. The molecule has 0 aromatic heterocycles. The fourth-order valence-electron chi connectivity index (χ4n) is 4.30. The van der Waals surface area contributed by atoms with Crippen LogP contribution in [0, 0.1) is 0 Å². The van der Waals surface area contributed by atoms with Gasteiger partial charge in [-0.3, -0.25) is 4.90 Å². The minimum atomic E-state index is 0.290. The highest BCUT2D eigenvalue weighted by molar-refractivity contribution is 4.93. The summed E-state index contributed by atoms with van der Waals surface area (Å²) in [6, 6.07) is 0.722. The summed E-state index contributed by atoms with van der Waals surface area (Å²) in [5.41, 5.74) is 0.290. The van der Waals surface area contributed by atoms with E-state index in [-0.39, 0.29) is 0 Å². The molecule has 2 saturated heterocycles. The molecule has 0 aromatic rings. The average molecular weight is 266 g/mol. The molecule has 1 aliphatic carbocycles. The van der Waals surface area contributed by atoms with Crippen molar-refractivity contribution in [2.75, 3.05) is 26.2 Å². The van der Waals surface area contributed by atoms with Crippen LogP contribution in [-0.4, -0.2) is 48.8 Å². The van der Waals surface area contributed by atoms with E-state index in [0.29, 0.717) is 11.7 Å². The van der Waals surface area contributed by atoms with Gasteiger partial charge in [-0.15, -0.1) is 0 Å². The summed E-state index contributed by atoms with van der Waals surface area (Å²) in [6.45, 7) is 6.98. The lowest BCUT2D eigenvalue weighted by Gasteiger charge is -2.38. The molecule has 1 spiro atoms. The third-order valence-electron chi connectivity index (χ3n) is 5.48. The second-order valence-corrected chi connectivity index (χ2v) is 6.78. The van der Waals surface area contributed by atoms with E-state index in [2.05, 4.69) is 17.1 Å². The number of piperazine rings is 1. The molecule has 2 atom stereocenters. The first kappa shape index (κ1) is 13.8. The highest BCUT2D eigenvalue weighted by Crippen LogP contribution is 2.42. The minimum Gasteiger partial charge on any atom is -0.370 e. The van der Waals surface area contributed by atoms with Crippen LogP contribution in [-0.2, 0) is 4.74 Å². The van der Waals surface area contributed by atoms with Gasteiger partial charge in [-0.2, -0.15) is 0 Å². The molecule has 3 heteroatoms. The van der Waals surface area contributed by atoms with Gasteiger partial charge in [0.2, 0.25) is 0 Å². The second kappa shape index (κ2) is 6.11. The lowest BCUT2D eigenvalue weighted by Crippen LogP contribution is -2.53. The standard InChI is InChI=1S/C16H30N2O/c1-2-14-12-17-10-11-18(14)13-15-6-9-16(19-15)7-4-3-5-8-16/h14-15,17H,2-13H2,1H3. The molecule has 3 nitrogen and oxygen atoms in total. The molecule has 1 saturated carbocycles. The summed E-state index contributed by atoms with van der Waals surface area (Å²) in [7, 11) is 0. The Bertz CT molecular complexity index is 288. The van der Waals surface area contributed by atoms with Crippen molar-refractivity contribution in [3.05, 3.63) is 0 Å². The Balaban J connectivity index is 1.53. The Hall–Kier alpha value is -0.120. The van der Waals surface area contributed by atoms with Crippen LogP contribution in [0.1, 0.15) is 58.3 Å². The van der Waals surface area contributed by atoms with Gasteiger partial charge in [-0.25, -0.2) is 0 Å². The van der Waals surface area contributed by atoms with E-state index in [1.165, 1.54) is 64.5 Å². The van der Waals surface area contributed by atoms with Crippen LogP contribution in [0.2, 0.25) is 0 Å². The summed E-state index contributed by atoms with van der Waals surface area (Å²) in [4.78, 5) is 2.67. The number of hydrogen-bond acceptors (Lipinski definition) is 3. The van der Waals surface area contributed by atoms with Crippen LogP contribution >= 0.6 is 0 Å². The van der Waals surface area contributed by atoms with Crippen molar-refractivity contribution in [1.82, 2.24) is 10.2 Å². The van der Waals surface area contributed by atoms with Gasteiger partial charge in [0, 0.05) is 32.2 Å². The zero-order valence-corrected chi connectivity index (χ0v) is 12.5. The molecule has 2 heterocycles. The van der Waals surface area contributed by atoms with Gasteiger partial charge in [0.15, 0.2) is 0 Å². The first-order valence-electron chi connectivity index (χ1n) is 8.44. The Morgan fingerprint density at radius 2 is 2.05 bits per heavy atom. The number of rotatable bonds is 3. The first-order chi connectivity index (χ1) is 9.31. The predicted octanol–water partition coefficient (Wildman–Crippen LogP) is 2.55. The van der Waals surface area contributed by atoms with E-state index < -0.39 is 0 Å². The first-order valence-corrected chi connectivity index (χ1v) is 8.44. The van der Waals surface area contributed by atoms with Gasteiger partial charge in [-0.05, 0) is 32.1 Å². The number of nitrogens with zero attached hydrogens (tertiary/aromatic N) is 1. The van der Waals surface area contributed by atoms with Crippen molar-refractivity contribution < 1.29 is 4.74 Å². The summed E-state index contributed by atoms with van der Waals surface area (Å²) < 4.78 is 6.52. The SMILES string of the molecule is CCC1CNCCN1CC1CCC2(CCCCC2)O1. The third kappa shape index (κ3) is 3.14. The quantitative estimate of drug-likeness (QED) is 0.849. The molecule has 0 radical (unpaired) electrons. The maximum absolute atomic E-state index is 6.52. The van der Waals surface area contributed by atoms with Crippen LogP contribution < -0.4 is 5.32 Å². The summed E-state index contributed by atoms with van der Waals surface area (Å²) >= 11 is 0. The van der Waals surface area contributed by atoms with Crippen LogP contribution in [0.3, 0.4) is 0 Å². The number of ether oxygens (including phenoxy) is 1. The fourth-order valence-corrected chi connectivity index (χ4v) is 4.30. The maximum Gasteiger partial charge on any atom is 0.0710 e. The molecule has 19 heavy (non-hydrogen) atoms. The molecule has 1 N–H and O–H groups in total. The van der Waals surface area contributed by atoms with Crippen molar-refractivity contribution >= 4 is 0 Å². The molecule has 0 aromatic carbocycles. The molecule has 3 rings (SSSR count). The molecule has 0 amide bonds. The van der Waals surface area contributed by atoms with Crippen LogP contribution in [0.25, 0.3) is 0 Å². The van der Waals surface area contributed by atoms with Gasteiger partial charge >= 0.3 is 0 Å². The number of nitrogens with one attached hydrogen (secondary N) is 1. The lowest BCUT2D eigenvalue weighted by atomic mass is 9.83. The molecule has 0 bridgehead atoms. The van der Waals surface area contributed by atoms with E-state index >= 15 is 0 Å². The largest absolute Gasteiger partial charge is 0.370 e. The van der Waals surface area contributed by atoms with Gasteiger partial charge in [0.1, 0.15) is 0 Å². The summed E-state index contributed by atoms with van der Waals surface area (Å²) in [5, 5.41) is 3.52. The van der Waals surface area contributed by atoms with Crippen LogP contribution in [0.5, 0.6) is 0 Å². The smallest absolute Gasteiger partial charge is 0.0710 e. The average Bonchev–Trinajstić information content (AvgIpc) is 2.83. The van der Waals surface area contributed by atoms with E-state index in [4.69, 9.17) is 4.74 Å². The zero-order chi connectivity index (χ0) is 13.1. The third-order valence-corrected chi connectivity index (χ3v) is 5.48. The van der Waals surface area contributed by atoms with Crippen molar-refractivity contribution in [1.29, 1.82) is 0 Å². The minimum absolute atomic E-state index is 0.290. The van der Waals surface area contributed by atoms with Gasteiger partial charge in [-0.1, -0.05) is 26.2 Å². The Morgan fingerprint density at radius 3 is 2.84 bits per heavy atom. The summed E-state index contributed by atoms with van der Waals surface area (Å²) in [5.74, 6) is 0. The zero-order valence-electron chi connectivity index (χ0n) is 12.5. The molecule has 2 unspecified atom stereocenters. The Labute approximate surface area is 118 Å². The highest BCUT2D eigenvalue weighted by atomic mass is 16.5. The summed E-state index contributed by atoms with van der Waals surface area (Å²) in [6.07, 6.45) is 11.2. The molecule has 110 valence electrons. The molecular formula is C16H30N2O. The van der Waals surface area contributed by atoms with E-state index in [0.717, 1.165) is 19.1 Å². The molecular weight excluding hydrogens is 236 g/mol. The number of hydrogen-bond donors (Lipinski definition) is 1. The van der Waals surface area contributed by atoms with E-state index in [9.17, 15) is 0 Å². The lowest BCUT2D eigenvalue weighted by molar-refractivity contribution is -0.0760. The van der Waals surface area contributed by atoms with Crippen LogP contribution in [0.4, 0.5) is 0 Å². The fraction of sp³-hybridized carbons (Fsp3) is 1.00. The second-order valence-electron chi connectivity index (χ2n) is 6.78. The topological polar surface area (TPSA) is 24.5 Å². The van der Waals surface area contributed by atoms with Crippen LogP contribution in [0.15, 0.2) is 0 Å². The van der Waals surface area contributed by atoms with Crippen molar-refractivity contribution in [3.63, 3.8) is 0 Å². The molecule has 3 aliphatic rings. The van der Waals surface area contributed by atoms with Crippen molar-refractivity contribution in [3.8, 4) is 0 Å². The monoisotopic (exact) mass is 266 g/mol. The van der Waals surface area contributed by atoms with Gasteiger partial charge < -0.3 is 10.1 Å².